The van der Waals surface area contributed by atoms with E-state index in [0.29, 0.717) is 44.3 Å². The predicted octanol–water partition coefficient (Wildman–Crippen LogP) is 1.78. The summed E-state index contributed by atoms with van der Waals surface area (Å²) >= 11 is 0. The van der Waals surface area contributed by atoms with Crippen molar-refractivity contribution in [3.63, 3.8) is 0 Å². The lowest BCUT2D eigenvalue weighted by Crippen LogP contribution is -2.40. The van der Waals surface area contributed by atoms with Gasteiger partial charge in [-0.3, -0.25) is 9.59 Å². The number of benzene rings is 2. The Morgan fingerprint density at radius 3 is 2.53 bits per heavy atom. The van der Waals surface area contributed by atoms with E-state index in [1.807, 2.05) is 31.2 Å². The predicted molar refractivity (Wildman–Crippen MR) is 126 cm³/mol. The van der Waals surface area contributed by atoms with E-state index in [1.165, 1.54) is 4.31 Å². The largest absolute Gasteiger partial charge is 0.492 e. The molecule has 2 saturated heterocycles. The van der Waals surface area contributed by atoms with Gasteiger partial charge in [0.1, 0.15) is 5.75 Å². The number of morpholine rings is 1. The summed E-state index contributed by atoms with van der Waals surface area (Å²) in [5.74, 6) is -0.186. The monoisotopic (exact) mass is 487 g/mol. The fourth-order valence-corrected chi connectivity index (χ4v) is 5.53. The zero-order chi connectivity index (χ0) is 24.1. The van der Waals surface area contributed by atoms with E-state index >= 15 is 0 Å². The molecular weight excluding hydrogens is 458 g/mol. The Kier molecular flexibility index (Phi) is 7.50. The lowest BCUT2D eigenvalue weighted by molar-refractivity contribution is -0.126. The number of carbonyl (C=O) groups is 2. The maximum Gasteiger partial charge on any atom is 0.243 e. The van der Waals surface area contributed by atoms with Gasteiger partial charge in [-0.1, -0.05) is 24.3 Å². The van der Waals surface area contributed by atoms with Crippen molar-refractivity contribution in [3.05, 3.63) is 54.1 Å². The van der Waals surface area contributed by atoms with Crippen molar-refractivity contribution in [2.45, 2.75) is 24.8 Å². The molecule has 1 atom stereocenters. The number of anilines is 1. The molecule has 2 aliphatic rings. The molecule has 0 aliphatic carbocycles. The maximum absolute atomic E-state index is 12.7. The van der Waals surface area contributed by atoms with Gasteiger partial charge in [-0.2, -0.15) is 4.31 Å². The second kappa shape index (κ2) is 10.5. The molecule has 0 radical (unpaired) electrons. The fourth-order valence-electron chi connectivity index (χ4n) is 4.12. The van der Waals surface area contributed by atoms with E-state index < -0.39 is 15.9 Å². The second-order valence-corrected chi connectivity index (χ2v) is 10.1. The lowest BCUT2D eigenvalue weighted by atomic mass is 10.1. The summed E-state index contributed by atoms with van der Waals surface area (Å²) < 4.78 is 37.7. The number of amides is 2. The molecule has 4 rings (SSSR count). The average Bonchev–Trinajstić information content (AvgIpc) is 3.25. The SMILES string of the molecule is CCOc1ccccc1N1CC(C(=O)NCc2ccc(S(=O)(=O)N3CCOCC3)cc2)CC1=O. The van der Waals surface area contributed by atoms with Crippen LogP contribution in [0.4, 0.5) is 5.69 Å². The van der Waals surface area contributed by atoms with Crippen LogP contribution in [0.5, 0.6) is 5.75 Å². The molecule has 0 aromatic heterocycles. The van der Waals surface area contributed by atoms with Crippen molar-refractivity contribution in [1.29, 1.82) is 0 Å². The molecule has 182 valence electrons. The van der Waals surface area contributed by atoms with E-state index in [1.54, 1.807) is 29.2 Å². The van der Waals surface area contributed by atoms with Gasteiger partial charge < -0.3 is 19.7 Å². The second-order valence-electron chi connectivity index (χ2n) is 8.18. The minimum absolute atomic E-state index is 0.120. The number of hydrogen-bond acceptors (Lipinski definition) is 6. The Bertz CT molecular complexity index is 1130. The van der Waals surface area contributed by atoms with Crippen molar-refractivity contribution in [2.75, 3.05) is 44.4 Å². The Hall–Kier alpha value is -2.95. The van der Waals surface area contributed by atoms with Crippen molar-refractivity contribution in [2.24, 2.45) is 5.92 Å². The first-order valence-electron chi connectivity index (χ1n) is 11.4. The Labute approximate surface area is 199 Å². The van der Waals surface area contributed by atoms with Gasteiger partial charge in [0.05, 0.1) is 36.3 Å². The summed E-state index contributed by atoms with van der Waals surface area (Å²) in [5, 5.41) is 2.87. The van der Waals surface area contributed by atoms with Gasteiger partial charge in [-0.15, -0.1) is 0 Å². The Balaban J connectivity index is 1.35. The quantitative estimate of drug-likeness (QED) is 0.609. The highest BCUT2D eigenvalue weighted by Gasteiger charge is 2.36. The van der Waals surface area contributed by atoms with Crippen molar-refractivity contribution >= 4 is 27.5 Å². The van der Waals surface area contributed by atoms with Gasteiger partial charge >= 0.3 is 0 Å². The number of sulfonamides is 1. The summed E-state index contributed by atoms with van der Waals surface area (Å²) in [4.78, 5) is 27.2. The Morgan fingerprint density at radius 2 is 1.82 bits per heavy atom. The van der Waals surface area contributed by atoms with E-state index in [4.69, 9.17) is 9.47 Å². The third-order valence-corrected chi connectivity index (χ3v) is 7.86. The first-order valence-corrected chi connectivity index (χ1v) is 12.8. The van der Waals surface area contributed by atoms with Crippen LogP contribution >= 0.6 is 0 Å². The molecular formula is C24H29N3O6S. The molecule has 2 aliphatic heterocycles. The zero-order valence-corrected chi connectivity index (χ0v) is 19.9. The number of hydrogen-bond donors (Lipinski definition) is 1. The van der Waals surface area contributed by atoms with Crippen LogP contribution in [-0.4, -0.2) is 64.0 Å². The molecule has 34 heavy (non-hydrogen) atoms. The van der Waals surface area contributed by atoms with Crippen molar-refractivity contribution in [3.8, 4) is 5.75 Å². The van der Waals surface area contributed by atoms with Gasteiger partial charge in [0.25, 0.3) is 0 Å². The maximum atomic E-state index is 12.7. The number of carbonyl (C=O) groups excluding carboxylic acids is 2. The average molecular weight is 488 g/mol. The third kappa shape index (κ3) is 5.24. The topological polar surface area (TPSA) is 105 Å². The molecule has 2 amide bonds. The molecule has 2 aromatic rings. The Morgan fingerprint density at radius 1 is 1.12 bits per heavy atom. The molecule has 0 saturated carbocycles. The number of rotatable bonds is 8. The summed E-state index contributed by atoms with van der Waals surface area (Å²) in [6.07, 6.45) is 0.128. The third-order valence-electron chi connectivity index (χ3n) is 5.95. The van der Waals surface area contributed by atoms with Crippen LogP contribution < -0.4 is 15.0 Å². The van der Waals surface area contributed by atoms with E-state index in [-0.39, 0.29) is 36.2 Å². The van der Waals surface area contributed by atoms with E-state index in [9.17, 15) is 18.0 Å². The molecule has 10 heteroatoms. The van der Waals surface area contributed by atoms with Crippen molar-refractivity contribution in [1.82, 2.24) is 9.62 Å². The summed E-state index contributed by atoms with van der Waals surface area (Å²) in [6.45, 7) is 4.35. The van der Waals surface area contributed by atoms with Crippen LogP contribution in [0.2, 0.25) is 0 Å². The van der Waals surface area contributed by atoms with Gasteiger partial charge in [-0.25, -0.2) is 8.42 Å². The summed E-state index contributed by atoms with van der Waals surface area (Å²) in [6, 6.07) is 13.8. The number of nitrogens with zero attached hydrogens (tertiary/aromatic N) is 2. The molecule has 9 nitrogen and oxygen atoms in total. The van der Waals surface area contributed by atoms with Gasteiger partial charge in [-0.05, 0) is 36.8 Å². The molecule has 0 spiro atoms. The molecule has 0 bridgehead atoms. The fraction of sp³-hybridized carbons (Fsp3) is 0.417. The van der Waals surface area contributed by atoms with E-state index in [0.717, 1.165) is 5.56 Å². The lowest BCUT2D eigenvalue weighted by Gasteiger charge is -2.26. The van der Waals surface area contributed by atoms with Crippen LogP contribution in [0.25, 0.3) is 0 Å². The summed E-state index contributed by atoms with van der Waals surface area (Å²) in [5.41, 5.74) is 1.44. The summed E-state index contributed by atoms with van der Waals surface area (Å²) in [7, 11) is -3.56. The smallest absolute Gasteiger partial charge is 0.243 e. The van der Waals surface area contributed by atoms with Gasteiger partial charge in [0.2, 0.25) is 21.8 Å². The first-order chi connectivity index (χ1) is 16.4. The van der Waals surface area contributed by atoms with E-state index in [2.05, 4.69) is 5.32 Å². The molecule has 2 heterocycles. The van der Waals surface area contributed by atoms with Crippen LogP contribution in [0.15, 0.2) is 53.4 Å². The van der Waals surface area contributed by atoms with Crippen LogP contribution in [0, 0.1) is 5.92 Å². The highest BCUT2D eigenvalue weighted by atomic mass is 32.2. The molecule has 1 unspecified atom stereocenters. The van der Waals surface area contributed by atoms with Crippen LogP contribution in [0.3, 0.4) is 0 Å². The molecule has 1 N–H and O–H groups in total. The number of ether oxygens (including phenoxy) is 2. The molecule has 2 aromatic carbocycles. The zero-order valence-electron chi connectivity index (χ0n) is 19.1. The van der Waals surface area contributed by atoms with Crippen LogP contribution in [0.1, 0.15) is 18.9 Å². The highest BCUT2D eigenvalue weighted by Crippen LogP contribution is 2.33. The normalized spacial score (nSPS) is 19.3. The highest BCUT2D eigenvalue weighted by molar-refractivity contribution is 7.89. The minimum atomic E-state index is -3.56. The number of nitrogens with one attached hydrogen (secondary N) is 1. The van der Waals surface area contributed by atoms with Crippen molar-refractivity contribution < 1.29 is 27.5 Å². The number of para-hydroxylation sites is 2. The van der Waals surface area contributed by atoms with Gasteiger partial charge in [0, 0.05) is 32.6 Å². The first kappa shape index (κ1) is 24.2. The molecule has 2 fully saturated rings. The van der Waals surface area contributed by atoms with Gasteiger partial charge in [0.15, 0.2) is 0 Å². The minimum Gasteiger partial charge on any atom is -0.492 e. The standard InChI is InChI=1S/C24H29N3O6S/c1-2-33-22-6-4-3-5-21(22)27-17-19(15-23(27)28)24(29)25-16-18-7-9-20(10-8-18)34(30,31)26-11-13-32-14-12-26/h3-10,19H,2,11-17H2,1H3,(H,25,29). The van der Waals surface area contributed by atoms with Crippen LogP contribution in [-0.2, 0) is 30.9 Å².